The third-order valence-corrected chi connectivity index (χ3v) is 6.94. The Labute approximate surface area is 175 Å². The van der Waals surface area contributed by atoms with Gasteiger partial charge in [0.25, 0.3) is 11.8 Å². The number of carbonyl (C=O) groups is 2. The maximum atomic E-state index is 12.6. The number of para-hydroxylation sites is 1. The molecule has 1 saturated carbocycles. The van der Waals surface area contributed by atoms with Crippen molar-refractivity contribution in [2.45, 2.75) is 18.9 Å². The van der Waals surface area contributed by atoms with Crippen molar-refractivity contribution in [2.24, 2.45) is 0 Å². The molecule has 0 saturated heterocycles. The quantitative estimate of drug-likeness (QED) is 0.469. The highest BCUT2D eigenvalue weighted by molar-refractivity contribution is 7.26. The maximum absolute atomic E-state index is 12.6. The van der Waals surface area contributed by atoms with Crippen LogP contribution in [0.25, 0.3) is 20.1 Å². The topological polar surface area (TPSA) is 71.1 Å². The molecular weight excluding hydrogens is 402 g/mol. The van der Waals surface area contributed by atoms with Gasteiger partial charge in [0.1, 0.15) is 5.01 Å². The molecule has 7 heteroatoms. The first kappa shape index (κ1) is 18.0. The first-order chi connectivity index (χ1) is 14.2. The standard InChI is InChI=1S/C22H17N3O2S2/c26-20(23-15-9-10-15)13-5-7-14(8-6-13)24-21(27)18-11-12-19(28-18)22-25-16-3-1-2-4-17(16)29-22/h1-8,11-12,15H,9-10H2,(H,23,26)(H,24,27). The van der Waals surface area contributed by atoms with E-state index in [9.17, 15) is 9.59 Å². The minimum Gasteiger partial charge on any atom is -0.349 e. The predicted molar refractivity (Wildman–Crippen MR) is 118 cm³/mol. The highest BCUT2D eigenvalue weighted by atomic mass is 32.1. The van der Waals surface area contributed by atoms with E-state index >= 15 is 0 Å². The number of amides is 2. The maximum Gasteiger partial charge on any atom is 0.265 e. The number of hydrogen-bond donors (Lipinski definition) is 2. The molecule has 0 unspecified atom stereocenters. The zero-order chi connectivity index (χ0) is 19.8. The van der Waals surface area contributed by atoms with Crippen LogP contribution < -0.4 is 10.6 Å². The number of hydrogen-bond acceptors (Lipinski definition) is 5. The third-order valence-electron chi connectivity index (χ3n) is 4.65. The van der Waals surface area contributed by atoms with Crippen LogP contribution in [0, 0.1) is 0 Å². The van der Waals surface area contributed by atoms with E-state index in [0.29, 0.717) is 22.2 Å². The molecular formula is C22H17N3O2S2. The second kappa shape index (κ2) is 7.42. The number of anilines is 1. The summed E-state index contributed by atoms with van der Waals surface area (Å²) in [4.78, 5) is 30.9. The smallest absolute Gasteiger partial charge is 0.265 e. The molecule has 2 aromatic heterocycles. The van der Waals surface area contributed by atoms with Crippen molar-refractivity contribution in [2.75, 3.05) is 5.32 Å². The van der Waals surface area contributed by atoms with Crippen LogP contribution in [0.3, 0.4) is 0 Å². The molecule has 2 heterocycles. The monoisotopic (exact) mass is 419 g/mol. The van der Waals surface area contributed by atoms with Crippen LogP contribution in [0.15, 0.2) is 60.7 Å². The molecule has 2 aromatic carbocycles. The van der Waals surface area contributed by atoms with E-state index in [-0.39, 0.29) is 11.8 Å². The molecule has 0 spiro atoms. The van der Waals surface area contributed by atoms with Gasteiger partial charge in [-0.1, -0.05) is 12.1 Å². The van der Waals surface area contributed by atoms with Gasteiger partial charge in [-0.2, -0.15) is 0 Å². The Hall–Kier alpha value is -3.03. The summed E-state index contributed by atoms with van der Waals surface area (Å²) in [5.41, 5.74) is 2.23. The van der Waals surface area contributed by atoms with Crippen LogP contribution in [-0.2, 0) is 0 Å². The van der Waals surface area contributed by atoms with E-state index in [2.05, 4.69) is 15.6 Å². The minimum atomic E-state index is -0.169. The van der Waals surface area contributed by atoms with E-state index in [0.717, 1.165) is 32.9 Å². The fourth-order valence-electron chi connectivity index (χ4n) is 2.95. The normalized spacial score (nSPS) is 13.4. The van der Waals surface area contributed by atoms with E-state index in [4.69, 9.17) is 0 Å². The number of aromatic nitrogens is 1. The lowest BCUT2D eigenvalue weighted by Crippen LogP contribution is -2.25. The number of rotatable bonds is 5. The molecule has 0 bridgehead atoms. The third kappa shape index (κ3) is 3.92. The van der Waals surface area contributed by atoms with Gasteiger partial charge in [0.15, 0.2) is 0 Å². The summed E-state index contributed by atoms with van der Waals surface area (Å²) in [6.07, 6.45) is 2.11. The van der Waals surface area contributed by atoms with Crippen LogP contribution in [-0.4, -0.2) is 22.8 Å². The fraction of sp³-hybridized carbons (Fsp3) is 0.136. The molecule has 29 heavy (non-hydrogen) atoms. The van der Waals surface area contributed by atoms with E-state index in [1.807, 2.05) is 36.4 Å². The Morgan fingerprint density at radius 1 is 0.897 bits per heavy atom. The summed E-state index contributed by atoms with van der Waals surface area (Å²) >= 11 is 3.04. The number of thiophene rings is 1. The van der Waals surface area contributed by atoms with Crippen LogP contribution in [0.5, 0.6) is 0 Å². The molecule has 1 aliphatic rings. The van der Waals surface area contributed by atoms with Crippen molar-refractivity contribution in [3.63, 3.8) is 0 Å². The molecule has 5 nitrogen and oxygen atoms in total. The van der Waals surface area contributed by atoms with Crippen molar-refractivity contribution in [3.8, 4) is 9.88 Å². The SMILES string of the molecule is O=C(NC1CC1)c1ccc(NC(=O)c2ccc(-c3nc4ccccc4s3)s2)cc1. The fourth-order valence-corrected chi connectivity index (χ4v) is 4.87. The highest BCUT2D eigenvalue weighted by Crippen LogP contribution is 2.34. The number of nitrogens with one attached hydrogen (secondary N) is 2. The molecule has 0 atom stereocenters. The second-order valence-corrected chi connectivity index (χ2v) is 9.04. The molecule has 144 valence electrons. The summed E-state index contributed by atoms with van der Waals surface area (Å²) in [6, 6.07) is 19.1. The lowest BCUT2D eigenvalue weighted by atomic mass is 10.2. The van der Waals surface area contributed by atoms with Gasteiger partial charge in [0.2, 0.25) is 0 Å². The number of nitrogens with zero attached hydrogens (tertiary/aromatic N) is 1. The molecule has 0 aliphatic heterocycles. The van der Waals surface area contributed by atoms with Crippen LogP contribution >= 0.6 is 22.7 Å². The zero-order valence-corrected chi connectivity index (χ0v) is 17.0. The Kier molecular flexibility index (Phi) is 4.61. The summed E-state index contributed by atoms with van der Waals surface area (Å²) in [5.74, 6) is -0.235. The molecule has 5 rings (SSSR count). The summed E-state index contributed by atoms with van der Waals surface area (Å²) in [6.45, 7) is 0. The van der Waals surface area contributed by atoms with Gasteiger partial charge in [-0.05, 0) is 61.4 Å². The zero-order valence-electron chi connectivity index (χ0n) is 15.3. The van der Waals surface area contributed by atoms with Gasteiger partial charge in [0.05, 0.1) is 20.0 Å². The highest BCUT2D eigenvalue weighted by Gasteiger charge is 2.23. The van der Waals surface area contributed by atoms with Crippen LogP contribution in [0.1, 0.15) is 32.9 Å². The Balaban J connectivity index is 1.28. The van der Waals surface area contributed by atoms with E-state index < -0.39 is 0 Å². The largest absolute Gasteiger partial charge is 0.349 e. The van der Waals surface area contributed by atoms with Gasteiger partial charge in [-0.3, -0.25) is 9.59 Å². The van der Waals surface area contributed by atoms with Gasteiger partial charge < -0.3 is 10.6 Å². The minimum absolute atomic E-state index is 0.0656. The van der Waals surface area contributed by atoms with Gasteiger partial charge >= 0.3 is 0 Å². The van der Waals surface area contributed by atoms with Gasteiger partial charge in [-0.25, -0.2) is 4.98 Å². The summed E-state index contributed by atoms with van der Waals surface area (Å²) < 4.78 is 1.13. The Morgan fingerprint density at radius 2 is 1.69 bits per heavy atom. The van der Waals surface area contributed by atoms with Crippen molar-refractivity contribution in [1.29, 1.82) is 0 Å². The van der Waals surface area contributed by atoms with Crippen molar-refractivity contribution in [3.05, 3.63) is 71.1 Å². The van der Waals surface area contributed by atoms with Crippen molar-refractivity contribution < 1.29 is 9.59 Å². The number of fused-ring (bicyclic) bond motifs is 1. The Morgan fingerprint density at radius 3 is 2.45 bits per heavy atom. The predicted octanol–water partition coefficient (Wildman–Crippen LogP) is 5.17. The van der Waals surface area contributed by atoms with Crippen LogP contribution in [0.2, 0.25) is 0 Å². The number of benzene rings is 2. The average Bonchev–Trinajstić information content (AvgIpc) is 3.24. The van der Waals surface area contributed by atoms with Crippen molar-refractivity contribution in [1.82, 2.24) is 10.3 Å². The molecule has 1 fully saturated rings. The first-order valence-corrected chi connectivity index (χ1v) is 11.0. The van der Waals surface area contributed by atoms with Crippen molar-refractivity contribution >= 4 is 50.4 Å². The molecule has 2 amide bonds. The van der Waals surface area contributed by atoms with E-state index in [1.165, 1.54) is 11.3 Å². The molecule has 1 aliphatic carbocycles. The lowest BCUT2D eigenvalue weighted by molar-refractivity contribution is 0.0950. The number of carbonyl (C=O) groups excluding carboxylic acids is 2. The Bertz CT molecular complexity index is 1170. The average molecular weight is 420 g/mol. The molecule has 0 radical (unpaired) electrons. The summed E-state index contributed by atoms with van der Waals surface area (Å²) in [5, 5.41) is 6.76. The van der Waals surface area contributed by atoms with Gasteiger partial charge in [0, 0.05) is 17.3 Å². The molecule has 2 N–H and O–H groups in total. The number of thiazole rings is 1. The first-order valence-electron chi connectivity index (χ1n) is 9.34. The van der Waals surface area contributed by atoms with E-state index in [1.54, 1.807) is 35.6 Å². The van der Waals surface area contributed by atoms with Crippen LogP contribution in [0.4, 0.5) is 5.69 Å². The lowest BCUT2D eigenvalue weighted by Gasteiger charge is -2.06. The van der Waals surface area contributed by atoms with Gasteiger partial charge in [-0.15, -0.1) is 22.7 Å². The molecule has 4 aromatic rings. The second-order valence-electron chi connectivity index (χ2n) is 6.93. The summed E-state index contributed by atoms with van der Waals surface area (Å²) in [7, 11) is 0.